The summed E-state index contributed by atoms with van der Waals surface area (Å²) in [5.41, 5.74) is 0.176. The van der Waals surface area contributed by atoms with Crippen LogP contribution in [0.25, 0.3) is 0 Å². The maximum Gasteiger partial charge on any atom is 0.136 e. The van der Waals surface area contributed by atoms with E-state index in [0.717, 1.165) is 10.2 Å². The molecule has 4 heteroatoms. The van der Waals surface area contributed by atoms with Gasteiger partial charge >= 0.3 is 0 Å². The van der Waals surface area contributed by atoms with Crippen molar-refractivity contribution in [1.29, 1.82) is 0 Å². The van der Waals surface area contributed by atoms with Gasteiger partial charge in [-0.15, -0.1) is 0 Å². The maximum absolute atomic E-state index is 5.67. The molecule has 0 radical (unpaired) electrons. The Morgan fingerprint density at radius 1 is 1.41 bits per heavy atom. The first-order valence-corrected chi connectivity index (χ1v) is 6.98. The molecule has 1 aromatic heterocycles. The molecule has 1 aromatic rings. The van der Waals surface area contributed by atoms with Gasteiger partial charge in [-0.1, -0.05) is 12.8 Å². The molecular weight excluding hydrogens is 280 g/mol. The SMILES string of the molecule is CNC(c1occc1Br)C1(N(C)C)CCCC1. The van der Waals surface area contributed by atoms with Gasteiger partial charge in [-0.25, -0.2) is 0 Å². The van der Waals surface area contributed by atoms with Crippen LogP contribution in [-0.4, -0.2) is 31.6 Å². The molecule has 1 fully saturated rings. The van der Waals surface area contributed by atoms with Gasteiger partial charge in [0, 0.05) is 5.54 Å². The highest BCUT2D eigenvalue weighted by molar-refractivity contribution is 9.10. The molecule has 0 aliphatic heterocycles. The fraction of sp³-hybridized carbons (Fsp3) is 0.692. The normalized spacial score (nSPS) is 21.0. The Morgan fingerprint density at radius 3 is 2.47 bits per heavy atom. The van der Waals surface area contributed by atoms with E-state index in [9.17, 15) is 0 Å². The van der Waals surface area contributed by atoms with Crippen molar-refractivity contribution >= 4 is 15.9 Å². The third kappa shape index (κ3) is 2.18. The molecule has 3 nitrogen and oxygen atoms in total. The summed E-state index contributed by atoms with van der Waals surface area (Å²) >= 11 is 3.58. The van der Waals surface area contributed by atoms with Crippen molar-refractivity contribution in [2.45, 2.75) is 37.3 Å². The van der Waals surface area contributed by atoms with E-state index in [1.165, 1.54) is 25.7 Å². The smallest absolute Gasteiger partial charge is 0.136 e. The van der Waals surface area contributed by atoms with E-state index in [1.807, 2.05) is 13.1 Å². The fourth-order valence-electron chi connectivity index (χ4n) is 3.14. The van der Waals surface area contributed by atoms with Crippen LogP contribution in [0.1, 0.15) is 37.5 Å². The van der Waals surface area contributed by atoms with Crippen LogP contribution in [-0.2, 0) is 0 Å². The van der Waals surface area contributed by atoms with Crippen molar-refractivity contribution in [3.8, 4) is 0 Å². The van der Waals surface area contributed by atoms with Gasteiger partial charge in [0.25, 0.3) is 0 Å². The number of likely N-dealkylation sites (N-methyl/N-ethyl adjacent to an activating group) is 2. The summed E-state index contributed by atoms with van der Waals surface area (Å²) in [6, 6.07) is 2.21. The van der Waals surface area contributed by atoms with Gasteiger partial charge in [0.2, 0.25) is 0 Å². The third-order valence-corrected chi connectivity index (χ3v) is 4.75. The molecule has 1 atom stereocenters. The lowest BCUT2D eigenvalue weighted by molar-refractivity contribution is 0.0969. The van der Waals surface area contributed by atoms with Crippen LogP contribution in [0.2, 0.25) is 0 Å². The predicted molar refractivity (Wildman–Crippen MR) is 73.1 cm³/mol. The Kier molecular flexibility index (Phi) is 3.95. The zero-order valence-electron chi connectivity index (χ0n) is 10.8. The van der Waals surface area contributed by atoms with Gasteiger partial charge < -0.3 is 14.6 Å². The third-order valence-electron chi connectivity index (χ3n) is 4.09. The summed E-state index contributed by atoms with van der Waals surface area (Å²) in [6.07, 6.45) is 6.79. The number of nitrogens with zero attached hydrogens (tertiary/aromatic N) is 1. The maximum atomic E-state index is 5.67. The van der Waals surface area contributed by atoms with Crippen molar-refractivity contribution in [3.63, 3.8) is 0 Å². The van der Waals surface area contributed by atoms with Gasteiger partial charge in [-0.2, -0.15) is 0 Å². The molecule has 0 spiro atoms. The van der Waals surface area contributed by atoms with Crippen LogP contribution in [0.5, 0.6) is 0 Å². The number of hydrogen-bond acceptors (Lipinski definition) is 3. The number of hydrogen-bond donors (Lipinski definition) is 1. The lowest BCUT2D eigenvalue weighted by Gasteiger charge is -2.42. The molecule has 0 amide bonds. The molecule has 0 saturated heterocycles. The van der Waals surface area contributed by atoms with E-state index in [1.54, 1.807) is 6.26 Å². The lowest BCUT2D eigenvalue weighted by Crippen LogP contribution is -2.51. The molecular formula is C13H21BrN2O. The Bertz CT molecular complexity index is 369. The van der Waals surface area contributed by atoms with Gasteiger partial charge in [-0.05, 0) is 56.0 Å². The number of nitrogens with one attached hydrogen (secondary N) is 1. The van der Waals surface area contributed by atoms with E-state index in [4.69, 9.17) is 4.42 Å². The predicted octanol–water partition coefficient (Wildman–Crippen LogP) is 3.18. The summed E-state index contributed by atoms with van der Waals surface area (Å²) in [5, 5.41) is 3.44. The monoisotopic (exact) mass is 300 g/mol. The highest BCUT2D eigenvalue weighted by Gasteiger charge is 2.45. The average Bonchev–Trinajstić information content (AvgIpc) is 2.91. The Hall–Kier alpha value is -0.320. The van der Waals surface area contributed by atoms with Gasteiger partial charge in [-0.3, -0.25) is 0 Å². The minimum atomic E-state index is 0.176. The standard InChI is InChI=1S/C13H21BrN2O/c1-15-12(11-10(14)6-9-17-11)13(16(2)3)7-4-5-8-13/h6,9,12,15H,4-5,7-8H2,1-3H3. The number of halogens is 1. The molecule has 0 bridgehead atoms. The summed E-state index contributed by atoms with van der Waals surface area (Å²) in [6.45, 7) is 0. The van der Waals surface area contributed by atoms with Crippen LogP contribution in [0.4, 0.5) is 0 Å². The fourth-order valence-corrected chi connectivity index (χ4v) is 3.57. The number of furan rings is 1. The average molecular weight is 301 g/mol. The molecule has 17 heavy (non-hydrogen) atoms. The molecule has 2 rings (SSSR count). The van der Waals surface area contributed by atoms with E-state index in [-0.39, 0.29) is 11.6 Å². The first-order valence-electron chi connectivity index (χ1n) is 6.19. The van der Waals surface area contributed by atoms with Crippen LogP contribution in [0.15, 0.2) is 21.2 Å². The van der Waals surface area contributed by atoms with Gasteiger partial charge in [0.05, 0.1) is 16.8 Å². The Morgan fingerprint density at radius 2 is 2.06 bits per heavy atom. The molecule has 1 aliphatic rings. The van der Waals surface area contributed by atoms with Crippen LogP contribution in [0.3, 0.4) is 0 Å². The summed E-state index contributed by atoms with van der Waals surface area (Å²) in [7, 11) is 6.36. The summed E-state index contributed by atoms with van der Waals surface area (Å²) in [4.78, 5) is 2.36. The lowest BCUT2D eigenvalue weighted by atomic mass is 9.85. The van der Waals surface area contributed by atoms with Crippen molar-refractivity contribution in [3.05, 3.63) is 22.6 Å². The molecule has 96 valence electrons. The van der Waals surface area contributed by atoms with Gasteiger partial charge in [0.15, 0.2) is 0 Å². The Balaban J connectivity index is 2.37. The second-order valence-electron chi connectivity index (χ2n) is 5.06. The van der Waals surface area contributed by atoms with Crippen LogP contribution in [0, 0.1) is 0 Å². The highest BCUT2D eigenvalue weighted by atomic mass is 79.9. The number of rotatable bonds is 4. The summed E-state index contributed by atoms with van der Waals surface area (Å²) in [5.74, 6) is 1.02. The van der Waals surface area contributed by atoms with E-state index < -0.39 is 0 Å². The van der Waals surface area contributed by atoms with Crippen molar-refractivity contribution in [2.75, 3.05) is 21.1 Å². The second-order valence-corrected chi connectivity index (χ2v) is 5.91. The van der Waals surface area contributed by atoms with E-state index in [0.29, 0.717) is 0 Å². The van der Waals surface area contributed by atoms with E-state index in [2.05, 4.69) is 40.2 Å². The first-order chi connectivity index (χ1) is 8.12. The molecule has 1 N–H and O–H groups in total. The van der Waals surface area contributed by atoms with Gasteiger partial charge in [0.1, 0.15) is 5.76 Å². The summed E-state index contributed by atoms with van der Waals surface area (Å²) < 4.78 is 6.73. The molecule has 1 heterocycles. The topological polar surface area (TPSA) is 28.4 Å². The van der Waals surface area contributed by atoms with Crippen LogP contribution < -0.4 is 5.32 Å². The molecule has 1 aliphatic carbocycles. The van der Waals surface area contributed by atoms with Crippen molar-refractivity contribution < 1.29 is 4.42 Å². The highest BCUT2D eigenvalue weighted by Crippen LogP contribution is 2.44. The van der Waals surface area contributed by atoms with Crippen molar-refractivity contribution in [1.82, 2.24) is 10.2 Å². The Labute approximate surface area is 112 Å². The minimum Gasteiger partial charge on any atom is -0.466 e. The molecule has 0 aromatic carbocycles. The second kappa shape index (κ2) is 5.12. The van der Waals surface area contributed by atoms with Crippen LogP contribution >= 0.6 is 15.9 Å². The quantitative estimate of drug-likeness (QED) is 0.926. The molecule has 1 saturated carbocycles. The van der Waals surface area contributed by atoms with E-state index >= 15 is 0 Å². The zero-order chi connectivity index (χ0) is 12.5. The largest absolute Gasteiger partial charge is 0.466 e. The molecule has 1 unspecified atom stereocenters. The zero-order valence-corrected chi connectivity index (χ0v) is 12.4. The van der Waals surface area contributed by atoms with Crippen molar-refractivity contribution in [2.24, 2.45) is 0 Å². The minimum absolute atomic E-state index is 0.176. The first kappa shape index (κ1) is 13.1.